The predicted molar refractivity (Wildman–Crippen MR) is 102 cm³/mol. The number of alkyl halides is 2. The van der Waals surface area contributed by atoms with Crippen LogP contribution in [0.3, 0.4) is 0 Å². The van der Waals surface area contributed by atoms with Crippen LogP contribution in [0.4, 0.5) is 8.78 Å². The van der Waals surface area contributed by atoms with Crippen molar-refractivity contribution >= 4 is 5.96 Å². The molecule has 2 aromatic carbocycles. The van der Waals surface area contributed by atoms with Crippen molar-refractivity contribution in [1.82, 2.24) is 10.6 Å². The van der Waals surface area contributed by atoms with E-state index in [1.54, 1.807) is 26.3 Å². The van der Waals surface area contributed by atoms with Gasteiger partial charge in [-0.05, 0) is 24.1 Å². The van der Waals surface area contributed by atoms with E-state index in [0.29, 0.717) is 31.2 Å². The lowest BCUT2D eigenvalue weighted by atomic mass is 10.1. The Morgan fingerprint density at radius 1 is 1.04 bits per heavy atom. The smallest absolute Gasteiger partial charge is 0.387 e. The van der Waals surface area contributed by atoms with Crippen LogP contribution in [-0.4, -0.2) is 26.7 Å². The molecule has 2 N–H and O–H groups in total. The maximum Gasteiger partial charge on any atom is 0.387 e. The molecule has 0 saturated heterocycles. The Bertz CT molecular complexity index is 767. The molecule has 2 aromatic rings. The van der Waals surface area contributed by atoms with Gasteiger partial charge in [0.1, 0.15) is 5.75 Å². The molecule has 0 aliphatic carbocycles. The lowest BCUT2D eigenvalue weighted by Gasteiger charge is -2.16. The summed E-state index contributed by atoms with van der Waals surface area (Å²) < 4.78 is 35.0. The molecule has 0 unspecified atom stereocenters. The summed E-state index contributed by atoms with van der Waals surface area (Å²) in [7, 11) is 3.31. The summed E-state index contributed by atoms with van der Waals surface area (Å²) in [6.07, 6.45) is 0. The van der Waals surface area contributed by atoms with Crippen molar-refractivity contribution in [1.29, 1.82) is 0 Å². The van der Waals surface area contributed by atoms with Crippen LogP contribution < -0.4 is 15.4 Å². The lowest BCUT2D eigenvalue weighted by molar-refractivity contribution is -0.0504. The minimum absolute atomic E-state index is 0.156. The van der Waals surface area contributed by atoms with Crippen molar-refractivity contribution in [2.75, 3.05) is 14.2 Å². The normalized spacial score (nSPS) is 11.6. The minimum atomic E-state index is -2.86. The van der Waals surface area contributed by atoms with E-state index in [1.165, 1.54) is 0 Å². The third kappa shape index (κ3) is 6.53. The number of hydrogen-bond acceptors (Lipinski definition) is 3. The molecule has 0 heterocycles. The van der Waals surface area contributed by atoms with Crippen LogP contribution in [0.5, 0.6) is 5.75 Å². The van der Waals surface area contributed by atoms with Crippen LogP contribution in [0.2, 0.25) is 0 Å². The fourth-order valence-electron chi connectivity index (χ4n) is 2.66. The van der Waals surface area contributed by atoms with Gasteiger partial charge in [0.25, 0.3) is 0 Å². The number of benzene rings is 2. The Morgan fingerprint density at radius 2 is 1.70 bits per heavy atom. The van der Waals surface area contributed by atoms with Crippen LogP contribution in [-0.2, 0) is 24.4 Å². The molecule has 0 aliphatic heterocycles. The quantitative estimate of drug-likeness (QED) is 0.545. The zero-order valence-corrected chi connectivity index (χ0v) is 15.8. The van der Waals surface area contributed by atoms with Gasteiger partial charge < -0.3 is 20.1 Å². The first-order chi connectivity index (χ1) is 13.0. The van der Waals surface area contributed by atoms with Crippen LogP contribution in [0.1, 0.15) is 22.3 Å². The summed E-state index contributed by atoms with van der Waals surface area (Å²) in [5, 5.41) is 6.36. The zero-order chi connectivity index (χ0) is 19.6. The van der Waals surface area contributed by atoms with Crippen LogP contribution in [0, 0.1) is 6.92 Å². The van der Waals surface area contributed by atoms with Crippen LogP contribution in [0.25, 0.3) is 0 Å². The fraction of sp³-hybridized carbons (Fsp3) is 0.350. The molecule has 146 valence electrons. The molecule has 0 aromatic heterocycles. The molecule has 0 radical (unpaired) electrons. The Hall–Kier alpha value is -2.67. The highest BCUT2D eigenvalue weighted by Gasteiger charge is 2.11. The SMILES string of the molecule is CN=C(NCc1ccccc1COC)NCc1cc(C)ccc1OC(F)F. The first-order valence-electron chi connectivity index (χ1n) is 8.58. The molecule has 0 atom stereocenters. The van der Waals surface area contributed by atoms with Gasteiger partial charge in [-0.2, -0.15) is 8.78 Å². The molecule has 0 fully saturated rings. The number of aliphatic imine (C=N–C) groups is 1. The second-order valence-corrected chi connectivity index (χ2v) is 5.97. The number of rotatable bonds is 8. The first-order valence-corrected chi connectivity index (χ1v) is 8.58. The Morgan fingerprint density at radius 3 is 2.33 bits per heavy atom. The Kier molecular flexibility index (Phi) is 8.00. The van der Waals surface area contributed by atoms with E-state index >= 15 is 0 Å². The predicted octanol–water partition coefficient (Wildman–Crippen LogP) is 3.61. The second kappa shape index (κ2) is 10.5. The maximum atomic E-state index is 12.6. The third-order valence-corrected chi connectivity index (χ3v) is 3.97. The highest BCUT2D eigenvalue weighted by molar-refractivity contribution is 5.79. The van der Waals surface area contributed by atoms with E-state index in [0.717, 1.165) is 16.7 Å². The van der Waals surface area contributed by atoms with Crippen LogP contribution >= 0.6 is 0 Å². The van der Waals surface area contributed by atoms with Crippen molar-refractivity contribution in [3.05, 3.63) is 64.7 Å². The summed E-state index contributed by atoms with van der Waals surface area (Å²) in [5.41, 5.74) is 3.79. The molecule has 0 amide bonds. The average Bonchev–Trinajstić information content (AvgIpc) is 2.65. The zero-order valence-electron chi connectivity index (χ0n) is 15.8. The highest BCUT2D eigenvalue weighted by Crippen LogP contribution is 2.22. The molecule has 0 bridgehead atoms. The van der Waals surface area contributed by atoms with Gasteiger partial charge in [-0.25, -0.2) is 0 Å². The van der Waals surface area contributed by atoms with E-state index in [-0.39, 0.29) is 5.75 Å². The van der Waals surface area contributed by atoms with Gasteiger partial charge in [-0.1, -0.05) is 42.0 Å². The van der Waals surface area contributed by atoms with Crippen molar-refractivity contribution in [2.24, 2.45) is 4.99 Å². The fourth-order valence-corrected chi connectivity index (χ4v) is 2.66. The molecular formula is C20H25F2N3O2. The minimum Gasteiger partial charge on any atom is -0.434 e. The van der Waals surface area contributed by atoms with E-state index in [1.807, 2.05) is 37.3 Å². The highest BCUT2D eigenvalue weighted by atomic mass is 19.3. The maximum absolute atomic E-state index is 12.6. The summed E-state index contributed by atoms with van der Waals surface area (Å²) >= 11 is 0. The third-order valence-electron chi connectivity index (χ3n) is 3.97. The van der Waals surface area contributed by atoms with E-state index in [9.17, 15) is 8.78 Å². The van der Waals surface area contributed by atoms with E-state index in [4.69, 9.17) is 4.74 Å². The number of nitrogens with one attached hydrogen (secondary N) is 2. The van der Waals surface area contributed by atoms with Gasteiger partial charge in [-0.3, -0.25) is 4.99 Å². The molecule has 7 heteroatoms. The van der Waals surface area contributed by atoms with Gasteiger partial charge >= 0.3 is 6.61 Å². The number of ether oxygens (including phenoxy) is 2. The van der Waals surface area contributed by atoms with Gasteiger partial charge in [0.2, 0.25) is 0 Å². The molecule has 5 nitrogen and oxygen atoms in total. The Labute approximate surface area is 158 Å². The summed E-state index contributed by atoms with van der Waals surface area (Å²) in [4.78, 5) is 4.18. The van der Waals surface area contributed by atoms with Gasteiger partial charge in [-0.15, -0.1) is 0 Å². The summed E-state index contributed by atoms with van der Waals surface area (Å²) in [6, 6.07) is 13.1. The van der Waals surface area contributed by atoms with Gasteiger partial charge in [0.05, 0.1) is 6.61 Å². The molecule has 0 aliphatic rings. The topological polar surface area (TPSA) is 54.9 Å². The van der Waals surface area contributed by atoms with Crippen molar-refractivity contribution in [2.45, 2.75) is 33.2 Å². The molecule has 0 spiro atoms. The van der Waals surface area contributed by atoms with E-state index < -0.39 is 6.61 Å². The first kappa shape index (κ1) is 20.6. The van der Waals surface area contributed by atoms with E-state index in [2.05, 4.69) is 20.4 Å². The van der Waals surface area contributed by atoms with Crippen molar-refractivity contribution < 1.29 is 18.3 Å². The van der Waals surface area contributed by atoms with Crippen molar-refractivity contribution in [3.8, 4) is 5.75 Å². The second-order valence-electron chi connectivity index (χ2n) is 5.97. The number of nitrogens with zero attached hydrogens (tertiary/aromatic N) is 1. The molecule has 27 heavy (non-hydrogen) atoms. The Balaban J connectivity index is 2.00. The molecule has 2 rings (SSSR count). The van der Waals surface area contributed by atoms with Gasteiger partial charge in [0, 0.05) is 32.8 Å². The van der Waals surface area contributed by atoms with Crippen molar-refractivity contribution in [3.63, 3.8) is 0 Å². The average molecular weight is 377 g/mol. The largest absolute Gasteiger partial charge is 0.434 e. The lowest BCUT2D eigenvalue weighted by Crippen LogP contribution is -2.36. The number of methoxy groups -OCH3 is 1. The standard InChI is InChI=1S/C20H25F2N3O2/c1-14-8-9-18(27-19(21)22)17(10-14)12-25-20(23-2)24-11-15-6-4-5-7-16(15)13-26-3/h4-10,19H,11-13H2,1-3H3,(H2,23,24,25). The number of guanidine groups is 1. The van der Waals surface area contributed by atoms with Gasteiger partial charge in [0.15, 0.2) is 5.96 Å². The summed E-state index contributed by atoms with van der Waals surface area (Å²) in [6.45, 7) is 0.439. The number of halogens is 2. The number of hydrogen-bond donors (Lipinski definition) is 2. The van der Waals surface area contributed by atoms with Crippen LogP contribution in [0.15, 0.2) is 47.5 Å². The monoisotopic (exact) mass is 377 g/mol. The molecular weight excluding hydrogens is 352 g/mol. The summed E-state index contributed by atoms with van der Waals surface area (Å²) in [5.74, 6) is 0.718. The number of aryl methyl sites for hydroxylation is 1. The molecule has 0 saturated carbocycles.